The van der Waals surface area contributed by atoms with Gasteiger partial charge in [0, 0.05) is 37.3 Å². The SMILES string of the molecule is CCn1cc(CN2CC[C@@H]3[C@@H](CO[C@H]3CC(=O)NC3CS(=O)(=O)C3)C2)cn1. The average molecular weight is 397 g/mol. The summed E-state index contributed by atoms with van der Waals surface area (Å²) < 4.78 is 30.3. The molecule has 1 aromatic heterocycles. The van der Waals surface area contributed by atoms with E-state index in [0.717, 1.165) is 32.6 Å². The molecule has 3 atom stereocenters. The number of fused-ring (bicyclic) bond motifs is 1. The van der Waals surface area contributed by atoms with Crippen LogP contribution in [0.15, 0.2) is 12.4 Å². The first-order chi connectivity index (χ1) is 12.9. The van der Waals surface area contributed by atoms with Crippen LogP contribution in [0.1, 0.15) is 25.3 Å². The predicted octanol–water partition coefficient (Wildman–Crippen LogP) is 0.0432. The lowest BCUT2D eigenvalue weighted by atomic mass is 9.83. The van der Waals surface area contributed by atoms with Gasteiger partial charge in [-0.05, 0) is 25.8 Å². The van der Waals surface area contributed by atoms with Gasteiger partial charge in [0.05, 0.1) is 42.9 Å². The molecule has 3 aliphatic heterocycles. The predicted molar refractivity (Wildman–Crippen MR) is 99.7 cm³/mol. The molecule has 0 aromatic carbocycles. The van der Waals surface area contributed by atoms with E-state index in [4.69, 9.17) is 4.74 Å². The molecule has 0 spiro atoms. The Hall–Kier alpha value is -1.45. The molecule has 3 saturated heterocycles. The molecule has 8 nitrogen and oxygen atoms in total. The molecule has 1 aromatic rings. The van der Waals surface area contributed by atoms with Crippen molar-refractivity contribution in [1.82, 2.24) is 20.0 Å². The highest BCUT2D eigenvalue weighted by Gasteiger charge is 2.42. The van der Waals surface area contributed by atoms with E-state index in [2.05, 4.69) is 28.4 Å². The lowest BCUT2D eigenvalue weighted by Crippen LogP contribution is -2.53. The Morgan fingerprint density at radius 1 is 1.41 bits per heavy atom. The van der Waals surface area contributed by atoms with E-state index in [-0.39, 0.29) is 29.6 Å². The van der Waals surface area contributed by atoms with Gasteiger partial charge in [-0.25, -0.2) is 8.42 Å². The quantitative estimate of drug-likeness (QED) is 0.730. The van der Waals surface area contributed by atoms with Crippen LogP contribution in [0.2, 0.25) is 0 Å². The zero-order valence-electron chi connectivity index (χ0n) is 15.7. The van der Waals surface area contributed by atoms with E-state index >= 15 is 0 Å². The van der Waals surface area contributed by atoms with Gasteiger partial charge in [-0.15, -0.1) is 0 Å². The Kier molecular flexibility index (Phi) is 5.26. The molecule has 1 N–H and O–H groups in total. The van der Waals surface area contributed by atoms with Gasteiger partial charge < -0.3 is 10.1 Å². The number of nitrogens with zero attached hydrogens (tertiary/aromatic N) is 3. The molecule has 0 bridgehead atoms. The van der Waals surface area contributed by atoms with Crippen molar-refractivity contribution in [3.05, 3.63) is 18.0 Å². The van der Waals surface area contributed by atoms with Crippen molar-refractivity contribution in [1.29, 1.82) is 0 Å². The van der Waals surface area contributed by atoms with Crippen LogP contribution >= 0.6 is 0 Å². The minimum Gasteiger partial charge on any atom is -0.377 e. The van der Waals surface area contributed by atoms with Crippen molar-refractivity contribution in [3.8, 4) is 0 Å². The largest absolute Gasteiger partial charge is 0.377 e. The van der Waals surface area contributed by atoms with E-state index in [1.807, 2.05) is 10.9 Å². The first-order valence-corrected chi connectivity index (χ1v) is 11.6. The van der Waals surface area contributed by atoms with Crippen molar-refractivity contribution < 1.29 is 17.9 Å². The van der Waals surface area contributed by atoms with Gasteiger partial charge in [0.25, 0.3) is 0 Å². The number of carbonyl (C=O) groups is 1. The molecule has 150 valence electrons. The Bertz CT molecular complexity index is 781. The number of piperidine rings is 1. The van der Waals surface area contributed by atoms with Gasteiger partial charge in [-0.1, -0.05) is 0 Å². The summed E-state index contributed by atoms with van der Waals surface area (Å²) in [5.41, 5.74) is 1.24. The third-order valence-corrected chi connectivity index (χ3v) is 7.78. The maximum Gasteiger partial charge on any atom is 0.222 e. The number of aromatic nitrogens is 2. The summed E-state index contributed by atoms with van der Waals surface area (Å²) in [7, 11) is -2.91. The Morgan fingerprint density at radius 3 is 2.93 bits per heavy atom. The van der Waals surface area contributed by atoms with E-state index in [1.54, 1.807) is 0 Å². The zero-order chi connectivity index (χ0) is 19.0. The molecule has 27 heavy (non-hydrogen) atoms. The number of likely N-dealkylation sites (tertiary alicyclic amines) is 1. The number of nitrogens with one attached hydrogen (secondary N) is 1. The molecule has 0 radical (unpaired) electrons. The van der Waals surface area contributed by atoms with Crippen LogP contribution in [0, 0.1) is 11.8 Å². The molecule has 1 amide bonds. The number of amides is 1. The van der Waals surface area contributed by atoms with Crippen LogP contribution in [-0.2, 0) is 32.5 Å². The Morgan fingerprint density at radius 2 is 2.22 bits per heavy atom. The molecular weight excluding hydrogens is 368 g/mol. The van der Waals surface area contributed by atoms with Crippen LogP contribution in [-0.4, -0.2) is 72.4 Å². The second-order valence-corrected chi connectivity index (χ2v) is 10.2. The van der Waals surface area contributed by atoms with Crippen LogP contribution in [0.25, 0.3) is 0 Å². The Balaban J connectivity index is 1.24. The smallest absolute Gasteiger partial charge is 0.222 e. The maximum absolute atomic E-state index is 12.2. The van der Waals surface area contributed by atoms with E-state index in [0.29, 0.717) is 24.9 Å². The third kappa shape index (κ3) is 4.35. The van der Waals surface area contributed by atoms with E-state index in [1.165, 1.54) is 5.56 Å². The molecule has 4 heterocycles. The number of rotatable bonds is 6. The lowest BCUT2D eigenvalue weighted by Gasteiger charge is -2.35. The summed E-state index contributed by atoms with van der Waals surface area (Å²) in [6.45, 7) is 6.56. The molecular formula is C18H28N4O4S. The second kappa shape index (κ2) is 7.52. The summed E-state index contributed by atoms with van der Waals surface area (Å²) in [6, 6.07) is -0.217. The second-order valence-electron chi connectivity index (χ2n) is 8.07. The van der Waals surface area contributed by atoms with Crippen molar-refractivity contribution in [2.45, 2.75) is 45.0 Å². The van der Waals surface area contributed by atoms with Gasteiger partial charge in [-0.3, -0.25) is 14.4 Å². The lowest BCUT2D eigenvalue weighted by molar-refractivity contribution is -0.124. The van der Waals surface area contributed by atoms with Crippen molar-refractivity contribution in [3.63, 3.8) is 0 Å². The van der Waals surface area contributed by atoms with Crippen molar-refractivity contribution in [2.24, 2.45) is 11.8 Å². The maximum atomic E-state index is 12.2. The Labute approximate surface area is 160 Å². The first kappa shape index (κ1) is 18.9. The summed E-state index contributed by atoms with van der Waals surface area (Å²) in [5, 5.41) is 7.16. The number of aryl methyl sites for hydroxylation is 1. The molecule has 9 heteroatoms. The fraction of sp³-hybridized carbons (Fsp3) is 0.778. The standard InChI is InChI=1S/C18H28N4O4S/c1-2-22-8-13(6-19-22)7-21-4-3-16-14(9-21)10-26-17(16)5-18(23)20-15-11-27(24,25)12-15/h6,8,14-17H,2-5,7,9-12H2,1H3,(H,20,23)/t14-,16-,17+/m1/s1. The number of carbonyl (C=O) groups excluding carboxylic acids is 1. The number of sulfone groups is 1. The van der Waals surface area contributed by atoms with Gasteiger partial charge in [0.2, 0.25) is 5.91 Å². The number of hydrogen-bond acceptors (Lipinski definition) is 6. The minimum absolute atomic E-state index is 0.0447. The fourth-order valence-corrected chi connectivity index (χ4v) is 5.85. The van der Waals surface area contributed by atoms with Gasteiger partial charge in [-0.2, -0.15) is 5.10 Å². The van der Waals surface area contributed by atoms with Crippen LogP contribution in [0.5, 0.6) is 0 Å². The first-order valence-electron chi connectivity index (χ1n) is 9.77. The molecule has 0 saturated carbocycles. The van der Waals surface area contributed by atoms with Crippen molar-refractivity contribution in [2.75, 3.05) is 31.2 Å². The molecule has 4 rings (SSSR count). The zero-order valence-corrected chi connectivity index (χ0v) is 16.5. The van der Waals surface area contributed by atoms with Crippen molar-refractivity contribution >= 4 is 15.7 Å². The fourth-order valence-electron chi connectivity index (χ4n) is 4.55. The highest BCUT2D eigenvalue weighted by Crippen LogP contribution is 2.36. The topological polar surface area (TPSA) is 93.5 Å². The van der Waals surface area contributed by atoms with E-state index < -0.39 is 9.84 Å². The molecule has 0 aliphatic carbocycles. The van der Waals surface area contributed by atoms with Crippen LogP contribution in [0.3, 0.4) is 0 Å². The normalized spacial score (nSPS) is 30.6. The van der Waals surface area contributed by atoms with Crippen LogP contribution in [0.4, 0.5) is 0 Å². The van der Waals surface area contributed by atoms with Gasteiger partial charge in [0.1, 0.15) is 0 Å². The molecule has 3 fully saturated rings. The highest BCUT2D eigenvalue weighted by atomic mass is 32.2. The monoisotopic (exact) mass is 396 g/mol. The molecule has 0 unspecified atom stereocenters. The van der Waals surface area contributed by atoms with Gasteiger partial charge >= 0.3 is 0 Å². The van der Waals surface area contributed by atoms with E-state index in [9.17, 15) is 13.2 Å². The van der Waals surface area contributed by atoms with Gasteiger partial charge in [0.15, 0.2) is 9.84 Å². The average Bonchev–Trinajstić information content (AvgIpc) is 3.20. The molecule has 3 aliphatic rings. The summed E-state index contributed by atoms with van der Waals surface area (Å²) >= 11 is 0. The summed E-state index contributed by atoms with van der Waals surface area (Å²) in [4.78, 5) is 14.7. The summed E-state index contributed by atoms with van der Waals surface area (Å²) in [6.07, 6.45) is 5.36. The minimum atomic E-state index is -2.91. The number of ether oxygens (including phenoxy) is 1. The third-order valence-electron chi connectivity index (χ3n) is 5.96. The summed E-state index contributed by atoms with van der Waals surface area (Å²) in [5.74, 6) is 0.923. The number of hydrogen-bond donors (Lipinski definition) is 1. The highest BCUT2D eigenvalue weighted by molar-refractivity contribution is 7.92. The van der Waals surface area contributed by atoms with Crippen LogP contribution < -0.4 is 5.32 Å².